The lowest BCUT2D eigenvalue weighted by atomic mass is 9.99. The maximum atomic E-state index is 12.4. The van der Waals surface area contributed by atoms with Gasteiger partial charge in [0, 0.05) is 19.7 Å². The molecule has 5 nitrogen and oxygen atoms in total. The molecule has 0 radical (unpaired) electrons. The van der Waals surface area contributed by atoms with E-state index in [-0.39, 0.29) is 31.7 Å². The molecule has 2 amide bonds. The second-order valence-electron chi connectivity index (χ2n) is 5.74. The zero-order valence-electron chi connectivity index (χ0n) is 13.2. The Hall–Kier alpha value is -1.96. The van der Waals surface area contributed by atoms with Crippen molar-refractivity contribution in [1.82, 2.24) is 10.2 Å². The minimum absolute atomic E-state index is 0.0703. The lowest BCUT2D eigenvalue weighted by Gasteiger charge is -2.31. The highest BCUT2D eigenvalue weighted by molar-refractivity contribution is 5.74. The normalized spacial score (nSPS) is 18.3. The molecule has 24 heavy (non-hydrogen) atoms. The van der Waals surface area contributed by atoms with Crippen molar-refractivity contribution in [3.63, 3.8) is 0 Å². The number of urea groups is 1. The van der Waals surface area contributed by atoms with E-state index in [1.165, 1.54) is 12.1 Å². The number of aliphatic hydroxyl groups is 1. The quantitative estimate of drug-likeness (QED) is 0.806. The fourth-order valence-corrected chi connectivity index (χ4v) is 2.58. The Morgan fingerprint density at radius 1 is 1.33 bits per heavy atom. The highest BCUT2D eigenvalue weighted by Gasteiger charge is 2.30. The average Bonchev–Trinajstić information content (AvgIpc) is 2.58. The van der Waals surface area contributed by atoms with Gasteiger partial charge < -0.3 is 20.1 Å². The molecule has 8 heteroatoms. The molecule has 0 saturated carbocycles. The summed E-state index contributed by atoms with van der Waals surface area (Å²) in [7, 11) is 0. The molecule has 134 valence electrons. The first kappa shape index (κ1) is 18.4. The third kappa shape index (κ3) is 5.30. The van der Waals surface area contributed by atoms with Gasteiger partial charge in [0.2, 0.25) is 0 Å². The molecule has 1 aliphatic rings. The summed E-state index contributed by atoms with van der Waals surface area (Å²) in [5, 5.41) is 11.9. The van der Waals surface area contributed by atoms with E-state index in [0.29, 0.717) is 18.8 Å². The number of hydrogen-bond donors (Lipinski definition) is 2. The van der Waals surface area contributed by atoms with Crippen molar-refractivity contribution >= 4 is 6.03 Å². The molecule has 0 aliphatic carbocycles. The molecule has 1 aromatic rings. The summed E-state index contributed by atoms with van der Waals surface area (Å²) in [6.07, 6.45) is -2.59. The predicted octanol–water partition coefficient (Wildman–Crippen LogP) is 2.50. The van der Waals surface area contributed by atoms with Crippen LogP contribution in [-0.4, -0.2) is 48.9 Å². The number of carbonyl (C=O) groups excluding carboxylic acids is 1. The largest absolute Gasteiger partial charge is 0.492 e. The number of alkyl halides is 3. The Morgan fingerprint density at radius 3 is 2.67 bits per heavy atom. The Labute approximate surface area is 138 Å². The third-order valence-corrected chi connectivity index (χ3v) is 3.89. The number of aliphatic hydroxyl groups excluding tert-OH is 1. The third-order valence-electron chi connectivity index (χ3n) is 3.89. The number of likely N-dealkylation sites (tertiary alicyclic amines) is 1. The van der Waals surface area contributed by atoms with Crippen molar-refractivity contribution in [2.45, 2.75) is 19.0 Å². The SMILES string of the molecule is O=C(NCCOc1ccc(C(F)(F)F)cc1)N1CCCC(CO)C1. The molecule has 1 atom stereocenters. The van der Waals surface area contributed by atoms with E-state index in [1.54, 1.807) is 4.90 Å². The zero-order valence-corrected chi connectivity index (χ0v) is 13.2. The number of carbonyl (C=O) groups is 1. The molecule has 2 N–H and O–H groups in total. The number of piperidine rings is 1. The van der Waals surface area contributed by atoms with Crippen LogP contribution >= 0.6 is 0 Å². The van der Waals surface area contributed by atoms with Gasteiger partial charge in [0.05, 0.1) is 12.1 Å². The van der Waals surface area contributed by atoms with Gasteiger partial charge in [0.25, 0.3) is 0 Å². The molecule has 0 bridgehead atoms. The molecule has 1 fully saturated rings. The lowest BCUT2D eigenvalue weighted by Crippen LogP contribution is -2.47. The molecule has 1 unspecified atom stereocenters. The number of amides is 2. The first-order valence-electron chi connectivity index (χ1n) is 7.84. The molecule has 1 aliphatic heterocycles. The highest BCUT2D eigenvalue weighted by Crippen LogP contribution is 2.30. The van der Waals surface area contributed by atoms with Crippen LogP contribution < -0.4 is 10.1 Å². The summed E-state index contributed by atoms with van der Waals surface area (Å²) in [5.74, 6) is 0.434. The molecular weight excluding hydrogens is 325 g/mol. The maximum absolute atomic E-state index is 12.4. The average molecular weight is 346 g/mol. The van der Waals surface area contributed by atoms with Crippen LogP contribution in [0.25, 0.3) is 0 Å². The van der Waals surface area contributed by atoms with Gasteiger partial charge in [-0.1, -0.05) is 0 Å². The van der Waals surface area contributed by atoms with Crippen molar-refractivity contribution in [3.8, 4) is 5.75 Å². The fraction of sp³-hybridized carbons (Fsp3) is 0.562. The lowest BCUT2D eigenvalue weighted by molar-refractivity contribution is -0.137. The topological polar surface area (TPSA) is 61.8 Å². The standard InChI is InChI=1S/C16H21F3N2O3/c17-16(18,19)13-3-5-14(6-4-13)24-9-7-20-15(23)21-8-1-2-12(10-21)11-22/h3-6,12,22H,1-2,7-11H2,(H,20,23). The first-order valence-corrected chi connectivity index (χ1v) is 7.84. The van der Waals surface area contributed by atoms with Gasteiger partial charge in [-0.25, -0.2) is 4.79 Å². The summed E-state index contributed by atoms with van der Waals surface area (Å²) >= 11 is 0. The van der Waals surface area contributed by atoms with Crippen LogP contribution in [0.3, 0.4) is 0 Å². The molecule has 1 saturated heterocycles. The van der Waals surface area contributed by atoms with Crippen LogP contribution in [0.5, 0.6) is 5.75 Å². The van der Waals surface area contributed by atoms with E-state index in [4.69, 9.17) is 9.84 Å². The molecule has 2 rings (SSSR count). The number of halogens is 3. The molecular formula is C16H21F3N2O3. The fourth-order valence-electron chi connectivity index (χ4n) is 2.58. The van der Waals surface area contributed by atoms with Crippen molar-refractivity contribution in [2.75, 3.05) is 32.8 Å². The van der Waals surface area contributed by atoms with Crippen LogP contribution in [0.2, 0.25) is 0 Å². The summed E-state index contributed by atoms with van der Waals surface area (Å²) in [6.45, 7) is 1.67. The van der Waals surface area contributed by atoms with Gasteiger partial charge >= 0.3 is 12.2 Å². The van der Waals surface area contributed by atoms with E-state index in [9.17, 15) is 18.0 Å². The van der Waals surface area contributed by atoms with Crippen LogP contribution in [0.1, 0.15) is 18.4 Å². The van der Waals surface area contributed by atoms with Crippen LogP contribution in [-0.2, 0) is 6.18 Å². The van der Waals surface area contributed by atoms with Gasteiger partial charge in [0.15, 0.2) is 0 Å². The summed E-state index contributed by atoms with van der Waals surface area (Å²) in [4.78, 5) is 13.6. The van der Waals surface area contributed by atoms with Crippen molar-refractivity contribution < 1.29 is 27.8 Å². The monoisotopic (exact) mass is 346 g/mol. The summed E-state index contributed by atoms with van der Waals surface area (Å²) in [6, 6.07) is 4.19. The van der Waals surface area contributed by atoms with Crippen molar-refractivity contribution in [1.29, 1.82) is 0 Å². The van der Waals surface area contributed by atoms with E-state index in [1.807, 2.05) is 0 Å². The Bertz CT molecular complexity index is 534. The predicted molar refractivity (Wildman–Crippen MR) is 81.7 cm³/mol. The zero-order chi connectivity index (χ0) is 17.6. The van der Waals surface area contributed by atoms with E-state index in [2.05, 4.69) is 5.32 Å². The smallest absolute Gasteiger partial charge is 0.416 e. The van der Waals surface area contributed by atoms with E-state index in [0.717, 1.165) is 25.0 Å². The second kappa shape index (κ2) is 8.23. The van der Waals surface area contributed by atoms with Gasteiger partial charge in [-0.05, 0) is 43.0 Å². The summed E-state index contributed by atoms with van der Waals surface area (Å²) < 4.78 is 42.6. The summed E-state index contributed by atoms with van der Waals surface area (Å²) in [5.41, 5.74) is -0.730. The molecule has 0 spiro atoms. The van der Waals surface area contributed by atoms with Gasteiger partial charge in [-0.2, -0.15) is 13.2 Å². The van der Waals surface area contributed by atoms with E-state index < -0.39 is 11.7 Å². The number of nitrogens with zero attached hydrogens (tertiary/aromatic N) is 1. The Balaban J connectivity index is 1.70. The molecule has 1 aromatic carbocycles. The van der Waals surface area contributed by atoms with Crippen LogP contribution in [0.4, 0.5) is 18.0 Å². The van der Waals surface area contributed by atoms with E-state index >= 15 is 0 Å². The van der Waals surface area contributed by atoms with Crippen LogP contribution in [0.15, 0.2) is 24.3 Å². The number of ether oxygens (including phenoxy) is 1. The van der Waals surface area contributed by atoms with Crippen molar-refractivity contribution in [3.05, 3.63) is 29.8 Å². The number of hydrogen-bond acceptors (Lipinski definition) is 3. The van der Waals surface area contributed by atoms with Gasteiger partial charge in [0.1, 0.15) is 12.4 Å². The number of rotatable bonds is 5. The number of nitrogens with one attached hydrogen (secondary N) is 1. The minimum Gasteiger partial charge on any atom is -0.492 e. The first-order chi connectivity index (χ1) is 11.4. The molecule has 0 aromatic heterocycles. The second-order valence-corrected chi connectivity index (χ2v) is 5.74. The Morgan fingerprint density at radius 2 is 2.04 bits per heavy atom. The maximum Gasteiger partial charge on any atom is 0.416 e. The number of benzene rings is 1. The van der Waals surface area contributed by atoms with Crippen LogP contribution in [0, 0.1) is 5.92 Å². The van der Waals surface area contributed by atoms with Crippen molar-refractivity contribution in [2.24, 2.45) is 5.92 Å². The molecule has 1 heterocycles. The van der Waals surface area contributed by atoms with Gasteiger partial charge in [-0.15, -0.1) is 0 Å². The highest BCUT2D eigenvalue weighted by atomic mass is 19.4. The van der Waals surface area contributed by atoms with Gasteiger partial charge in [-0.3, -0.25) is 0 Å². The minimum atomic E-state index is -4.37. The Kier molecular flexibility index (Phi) is 6.30.